The highest BCUT2D eigenvalue weighted by molar-refractivity contribution is 7.06. The van der Waals surface area contributed by atoms with Crippen molar-refractivity contribution in [1.82, 2.24) is 4.48 Å². The molecular formula is C23H43BN2Si. The molecule has 2 nitrogen and oxygen atoms in total. The van der Waals surface area contributed by atoms with Gasteiger partial charge in [-0.15, -0.1) is 0 Å². The summed E-state index contributed by atoms with van der Waals surface area (Å²) in [6, 6.07) is 7.58. The highest BCUT2D eigenvalue weighted by Gasteiger charge is 2.63. The average molecular weight is 387 g/mol. The first kappa shape index (κ1) is 22.5. The molecule has 0 radical (unpaired) electrons. The van der Waals surface area contributed by atoms with Gasteiger partial charge < -0.3 is 8.95 Å². The number of para-hydroxylation sites is 1. The molecular weight excluding hydrogens is 343 g/mol. The first-order valence-corrected chi connectivity index (χ1v) is 13.5. The van der Waals surface area contributed by atoms with Crippen LogP contribution in [-0.2, 0) is 10.8 Å². The second kappa shape index (κ2) is 6.66. The van der Waals surface area contributed by atoms with Gasteiger partial charge in [0, 0.05) is 5.69 Å². The minimum absolute atomic E-state index is 0.127. The van der Waals surface area contributed by atoms with Crippen molar-refractivity contribution in [2.75, 3.05) is 4.48 Å². The van der Waals surface area contributed by atoms with Gasteiger partial charge in [0.2, 0.25) is 8.40 Å². The number of hydrogen-bond acceptors (Lipinski definition) is 2. The molecule has 0 aromatic heterocycles. The van der Waals surface area contributed by atoms with Gasteiger partial charge in [0.05, 0.1) is 0 Å². The molecule has 0 spiro atoms. The molecule has 0 amide bonds. The molecule has 0 N–H and O–H groups in total. The lowest BCUT2D eigenvalue weighted by Crippen LogP contribution is -2.88. The van der Waals surface area contributed by atoms with Crippen molar-refractivity contribution >= 4 is 21.1 Å². The topological polar surface area (TPSA) is 6.48 Å². The number of hydrogen-bond donors (Lipinski definition) is 0. The summed E-state index contributed by atoms with van der Waals surface area (Å²) in [6.45, 7) is 31.6. The molecule has 1 aromatic rings. The standard InChI is InChI=1S/C23H43BN2Si/c1-17(2)25-24(23(9,10)11)26(27(25,12)13)20-18(21(3,4)5)15-14-16-19(20)22(6,7)8/h14-17H,1-13H3. The zero-order valence-corrected chi connectivity index (χ0v) is 21.3. The zero-order chi connectivity index (χ0) is 21.2. The van der Waals surface area contributed by atoms with Gasteiger partial charge in [0.25, 0.3) is 0 Å². The maximum atomic E-state index is 2.87. The second-order valence-corrected chi connectivity index (χ2v) is 16.3. The molecule has 0 unspecified atom stereocenters. The Labute approximate surface area is 171 Å². The molecule has 1 heterocycles. The number of anilines is 1. The third kappa shape index (κ3) is 3.89. The highest BCUT2D eigenvalue weighted by Crippen LogP contribution is 2.51. The van der Waals surface area contributed by atoms with Crippen molar-refractivity contribution in [1.29, 1.82) is 0 Å². The summed E-state index contributed by atoms with van der Waals surface area (Å²) in [7, 11) is -1.74. The number of rotatable bonds is 2. The van der Waals surface area contributed by atoms with Gasteiger partial charge in [-0.25, -0.2) is 0 Å². The fraction of sp³-hybridized carbons (Fsp3) is 0.739. The summed E-state index contributed by atoms with van der Waals surface area (Å²) >= 11 is 0. The van der Waals surface area contributed by atoms with Gasteiger partial charge in [-0.05, 0) is 46.4 Å². The van der Waals surface area contributed by atoms with E-state index in [1.165, 1.54) is 16.8 Å². The second-order valence-electron chi connectivity index (χ2n) is 12.3. The first-order valence-electron chi connectivity index (χ1n) is 10.6. The van der Waals surface area contributed by atoms with Crippen LogP contribution in [0, 0.1) is 0 Å². The molecule has 0 atom stereocenters. The smallest absolute Gasteiger partial charge is 0.335 e. The summed E-state index contributed by atoms with van der Waals surface area (Å²) < 4.78 is 5.70. The van der Waals surface area contributed by atoms with E-state index in [1.807, 2.05) is 0 Å². The Balaban J connectivity index is 2.82. The van der Waals surface area contributed by atoms with Crippen LogP contribution in [0.2, 0.25) is 18.4 Å². The lowest BCUT2D eigenvalue weighted by Gasteiger charge is -2.68. The highest BCUT2D eigenvalue weighted by atomic mass is 28.3. The maximum Gasteiger partial charge on any atom is 0.335 e. The van der Waals surface area contributed by atoms with Gasteiger partial charge in [-0.2, -0.15) is 0 Å². The van der Waals surface area contributed by atoms with E-state index in [0.29, 0.717) is 13.0 Å². The zero-order valence-electron chi connectivity index (χ0n) is 20.3. The fourth-order valence-corrected chi connectivity index (χ4v) is 9.26. The van der Waals surface area contributed by atoms with Gasteiger partial charge in [0.1, 0.15) is 0 Å². The fourth-order valence-electron chi connectivity index (χ4n) is 4.92. The molecule has 0 aliphatic carbocycles. The van der Waals surface area contributed by atoms with Gasteiger partial charge in [0.15, 0.2) is 0 Å². The molecule has 1 fully saturated rings. The predicted octanol–water partition coefficient (Wildman–Crippen LogP) is 6.80. The molecule has 0 saturated carbocycles. The Kier molecular flexibility index (Phi) is 5.56. The summed E-state index contributed by atoms with van der Waals surface area (Å²) in [5, 5.41) is 0.201. The van der Waals surface area contributed by atoms with E-state index < -0.39 is 8.40 Å². The van der Waals surface area contributed by atoms with Crippen LogP contribution in [0.4, 0.5) is 5.69 Å². The summed E-state index contributed by atoms with van der Waals surface area (Å²) in [5.74, 6) is 0. The minimum atomic E-state index is -1.74. The van der Waals surface area contributed by atoms with Crippen molar-refractivity contribution in [3.8, 4) is 0 Å². The molecule has 1 aromatic carbocycles. The van der Waals surface area contributed by atoms with Crippen LogP contribution in [0.3, 0.4) is 0 Å². The number of benzene rings is 1. The van der Waals surface area contributed by atoms with Crippen molar-refractivity contribution in [3.05, 3.63) is 29.3 Å². The number of nitrogens with zero attached hydrogens (tertiary/aromatic N) is 2. The predicted molar refractivity (Wildman–Crippen MR) is 126 cm³/mol. The lowest BCUT2D eigenvalue weighted by molar-refractivity contribution is 0.451. The largest absolute Gasteiger partial charge is 0.417 e. The molecule has 1 saturated heterocycles. The van der Waals surface area contributed by atoms with Crippen LogP contribution in [0.5, 0.6) is 0 Å². The monoisotopic (exact) mass is 386 g/mol. The van der Waals surface area contributed by atoms with Crippen LogP contribution in [-0.4, -0.2) is 25.9 Å². The molecule has 27 heavy (non-hydrogen) atoms. The minimum Gasteiger partial charge on any atom is -0.417 e. The van der Waals surface area contributed by atoms with Crippen LogP contribution < -0.4 is 4.48 Å². The summed E-state index contributed by atoms with van der Waals surface area (Å²) in [4.78, 5) is 0. The lowest BCUT2D eigenvalue weighted by atomic mass is 9.51. The Morgan fingerprint density at radius 2 is 1.22 bits per heavy atom. The third-order valence-electron chi connectivity index (χ3n) is 5.95. The van der Waals surface area contributed by atoms with Crippen molar-refractivity contribution in [2.45, 2.75) is 111 Å². The van der Waals surface area contributed by atoms with E-state index in [0.717, 1.165) is 0 Å². The first-order chi connectivity index (χ1) is 11.9. The van der Waals surface area contributed by atoms with E-state index >= 15 is 0 Å². The SMILES string of the molecule is CC(C)N1B(C(C)(C)C)N(c2c(C(C)(C)C)cccc2C(C)(C)C)[Si]1(C)C. The Bertz CT molecular complexity index is 658. The van der Waals surface area contributed by atoms with Crippen LogP contribution in [0.25, 0.3) is 0 Å². The van der Waals surface area contributed by atoms with Crippen molar-refractivity contribution < 1.29 is 0 Å². The molecule has 4 heteroatoms. The van der Waals surface area contributed by atoms with Crippen LogP contribution in [0.1, 0.15) is 87.3 Å². The van der Waals surface area contributed by atoms with E-state index in [9.17, 15) is 0 Å². The average Bonchev–Trinajstić information content (AvgIpc) is 2.41. The molecule has 2 rings (SSSR count). The summed E-state index contributed by atoms with van der Waals surface area (Å²) in [5.41, 5.74) is 4.76. The van der Waals surface area contributed by atoms with Gasteiger partial charge >= 0.3 is 6.98 Å². The van der Waals surface area contributed by atoms with Crippen molar-refractivity contribution in [2.24, 2.45) is 0 Å². The van der Waals surface area contributed by atoms with Crippen LogP contribution in [0.15, 0.2) is 18.2 Å². The summed E-state index contributed by atoms with van der Waals surface area (Å²) in [6.07, 6.45) is 0. The molecule has 0 bridgehead atoms. The molecule has 1 aliphatic rings. The van der Waals surface area contributed by atoms with Crippen LogP contribution >= 0.6 is 0 Å². The van der Waals surface area contributed by atoms with E-state index in [4.69, 9.17) is 0 Å². The maximum absolute atomic E-state index is 2.87. The quantitative estimate of drug-likeness (QED) is 0.516. The third-order valence-corrected chi connectivity index (χ3v) is 9.63. The van der Waals surface area contributed by atoms with E-state index in [2.05, 4.69) is 116 Å². The van der Waals surface area contributed by atoms with Gasteiger partial charge in [-0.3, -0.25) is 0 Å². The normalized spacial score (nSPS) is 18.9. The Morgan fingerprint density at radius 1 is 0.815 bits per heavy atom. The molecule has 1 aliphatic heterocycles. The Morgan fingerprint density at radius 3 is 1.52 bits per heavy atom. The van der Waals surface area contributed by atoms with E-state index in [-0.39, 0.29) is 16.1 Å². The van der Waals surface area contributed by atoms with Gasteiger partial charge in [-0.1, -0.05) is 94.4 Å². The van der Waals surface area contributed by atoms with E-state index in [1.54, 1.807) is 0 Å². The molecule has 152 valence electrons. The van der Waals surface area contributed by atoms with Crippen molar-refractivity contribution in [3.63, 3.8) is 0 Å². The Hall–Kier alpha value is -0.738.